The molecule has 2 heterocycles. The quantitative estimate of drug-likeness (QED) is 0.706. The van der Waals surface area contributed by atoms with Crippen LogP contribution in [0.4, 0.5) is 0 Å². The van der Waals surface area contributed by atoms with Crippen LogP contribution in [-0.2, 0) is 12.8 Å². The average Bonchev–Trinajstić information content (AvgIpc) is 3.31. The number of allylic oxidation sites excluding steroid dienone is 1. The molecule has 3 aliphatic carbocycles. The summed E-state index contributed by atoms with van der Waals surface area (Å²) >= 11 is 2.09. The molecule has 1 saturated heterocycles. The van der Waals surface area contributed by atoms with E-state index >= 15 is 0 Å². The van der Waals surface area contributed by atoms with Gasteiger partial charge in [-0.3, -0.25) is 5.10 Å². The molecule has 1 aliphatic heterocycles. The highest BCUT2D eigenvalue weighted by atomic mass is 32.2. The van der Waals surface area contributed by atoms with Crippen molar-refractivity contribution in [2.24, 2.45) is 34.5 Å². The molecule has 2 N–H and O–H groups in total. The number of nitrogens with one attached hydrogen (secondary N) is 1. The van der Waals surface area contributed by atoms with Crippen LogP contribution in [0.25, 0.3) is 0 Å². The van der Waals surface area contributed by atoms with Gasteiger partial charge < -0.3 is 10.0 Å². The molecule has 5 rings (SSSR count). The van der Waals surface area contributed by atoms with E-state index in [4.69, 9.17) is 0 Å². The standard InChI is InChI=1S/C25H39N3OS/c1-17-4-5-21-20(16-29)22(6-7-24(17,21)2)25(3)13-18-14-26-27-23(18)12-19(25)15-28-8-10-30-11-9-28/h14,19-22,29H,1,4-13,15-16H2,2-3H3,(H,26,27)/t19-,20+,21+,22+,24-,25+/m1/s1. The Kier molecular flexibility index (Phi) is 5.60. The number of thioether (sulfide) groups is 1. The average molecular weight is 430 g/mol. The van der Waals surface area contributed by atoms with Gasteiger partial charge in [0.15, 0.2) is 0 Å². The Bertz CT molecular complexity index is 787. The van der Waals surface area contributed by atoms with E-state index in [-0.39, 0.29) is 10.8 Å². The molecule has 0 radical (unpaired) electrons. The Balaban J connectivity index is 1.46. The molecule has 0 amide bonds. The van der Waals surface area contributed by atoms with E-state index in [0.29, 0.717) is 30.3 Å². The van der Waals surface area contributed by atoms with Gasteiger partial charge in [-0.1, -0.05) is 26.0 Å². The maximum absolute atomic E-state index is 10.7. The fourth-order valence-electron chi connectivity index (χ4n) is 7.77. The van der Waals surface area contributed by atoms with E-state index in [9.17, 15) is 5.11 Å². The van der Waals surface area contributed by atoms with Crippen molar-refractivity contribution in [2.45, 2.75) is 52.4 Å². The lowest BCUT2D eigenvalue weighted by Crippen LogP contribution is -2.54. The van der Waals surface area contributed by atoms with E-state index in [2.05, 4.69) is 53.5 Å². The minimum atomic E-state index is 0.222. The van der Waals surface area contributed by atoms with Gasteiger partial charge in [0.2, 0.25) is 0 Å². The topological polar surface area (TPSA) is 52.2 Å². The predicted octanol–water partition coefficient (Wildman–Crippen LogP) is 4.17. The van der Waals surface area contributed by atoms with Gasteiger partial charge in [-0.25, -0.2) is 0 Å². The first-order valence-electron chi connectivity index (χ1n) is 12.1. The summed E-state index contributed by atoms with van der Waals surface area (Å²) in [6.07, 6.45) is 9.14. The molecule has 166 valence electrons. The molecule has 6 atom stereocenters. The van der Waals surface area contributed by atoms with Crippen molar-refractivity contribution in [1.82, 2.24) is 15.1 Å². The normalized spacial score (nSPS) is 42.2. The highest BCUT2D eigenvalue weighted by molar-refractivity contribution is 7.99. The third kappa shape index (κ3) is 3.31. The van der Waals surface area contributed by atoms with E-state index in [1.54, 1.807) is 0 Å². The molecule has 4 nitrogen and oxygen atoms in total. The molecule has 0 unspecified atom stereocenters. The van der Waals surface area contributed by atoms with Gasteiger partial charge in [0, 0.05) is 43.4 Å². The minimum Gasteiger partial charge on any atom is -0.396 e. The van der Waals surface area contributed by atoms with Crippen LogP contribution in [0, 0.1) is 34.5 Å². The Hall–Kier alpha value is -0.780. The third-order valence-corrected chi connectivity index (χ3v) is 10.7. The van der Waals surface area contributed by atoms with Crippen LogP contribution in [0.2, 0.25) is 0 Å². The number of aromatic nitrogens is 2. The smallest absolute Gasteiger partial charge is 0.0522 e. The summed E-state index contributed by atoms with van der Waals surface area (Å²) in [5.74, 6) is 4.75. The fraction of sp³-hybridized carbons (Fsp3) is 0.800. The molecule has 30 heavy (non-hydrogen) atoms. The van der Waals surface area contributed by atoms with Gasteiger partial charge in [-0.2, -0.15) is 16.9 Å². The molecule has 0 spiro atoms. The molecule has 1 aromatic heterocycles. The molecular formula is C25H39N3OS. The first kappa shape index (κ1) is 21.1. The largest absolute Gasteiger partial charge is 0.396 e. The SMILES string of the molecule is C=C1CC[C@H]2[C@H](CO)[C@@H]([C@@]3(C)Cc4cn[nH]c4C[C@@H]3CN3CCSCC3)CC[C@]12C. The fourth-order valence-corrected chi connectivity index (χ4v) is 8.75. The molecule has 4 aliphatic rings. The van der Waals surface area contributed by atoms with E-state index < -0.39 is 0 Å². The van der Waals surface area contributed by atoms with Gasteiger partial charge in [-0.05, 0) is 78.6 Å². The third-order valence-electron chi connectivity index (χ3n) is 9.79. The highest BCUT2D eigenvalue weighted by Gasteiger charge is 2.56. The highest BCUT2D eigenvalue weighted by Crippen LogP contribution is 2.62. The van der Waals surface area contributed by atoms with Crippen LogP contribution in [0.3, 0.4) is 0 Å². The number of rotatable bonds is 4. The van der Waals surface area contributed by atoms with E-state index in [1.165, 1.54) is 67.2 Å². The summed E-state index contributed by atoms with van der Waals surface area (Å²) in [7, 11) is 0. The van der Waals surface area contributed by atoms with Crippen molar-refractivity contribution in [1.29, 1.82) is 0 Å². The second-order valence-electron chi connectivity index (χ2n) is 11.0. The van der Waals surface area contributed by atoms with E-state index in [0.717, 1.165) is 19.3 Å². The van der Waals surface area contributed by atoms with Crippen molar-refractivity contribution >= 4 is 11.8 Å². The summed E-state index contributed by atoms with van der Waals surface area (Å²) in [6, 6.07) is 0. The zero-order chi connectivity index (χ0) is 20.9. The lowest BCUT2D eigenvalue weighted by Gasteiger charge is -2.56. The second-order valence-corrected chi connectivity index (χ2v) is 12.3. The van der Waals surface area contributed by atoms with E-state index in [1.807, 2.05) is 0 Å². The number of fused-ring (bicyclic) bond motifs is 2. The van der Waals surface area contributed by atoms with Crippen molar-refractivity contribution in [3.63, 3.8) is 0 Å². The monoisotopic (exact) mass is 429 g/mol. The van der Waals surface area contributed by atoms with Gasteiger partial charge in [0.1, 0.15) is 0 Å². The minimum absolute atomic E-state index is 0.222. The molecule has 5 heteroatoms. The summed E-state index contributed by atoms with van der Waals surface area (Å²) in [4.78, 5) is 2.71. The Labute approximate surface area is 186 Å². The number of hydrogen-bond acceptors (Lipinski definition) is 4. The lowest BCUT2D eigenvalue weighted by molar-refractivity contribution is -0.0694. The molecular weight excluding hydrogens is 390 g/mol. The Morgan fingerprint density at radius 1 is 1.27 bits per heavy atom. The number of nitrogens with zero attached hydrogens (tertiary/aromatic N) is 2. The van der Waals surface area contributed by atoms with Gasteiger partial charge in [-0.15, -0.1) is 0 Å². The van der Waals surface area contributed by atoms with Crippen LogP contribution in [0.5, 0.6) is 0 Å². The lowest BCUT2D eigenvalue weighted by atomic mass is 9.49. The zero-order valence-corrected chi connectivity index (χ0v) is 19.6. The van der Waals surface area contributed by atoms with Crippen molar-refractivity contribution in [2.75, 3.05) is 37.7 Å². The number of aliphatic hydroxyl groups excluding tert-OH is 1. The molecule has 1 aromatic rings. The number of aliphatic hydroxyl groups is 1. The number of hydrogen-bond donors (Lipinski definition) is 2. The summed E-state index contributed by atoms with van der Waals surface area (Å²) in [5, 5.41) is 18.4. The number of aromatic amines is 1. The maximum Gasteiger partial charge on any atom is 0.0522 e. The first-order valence-corrected chi connectivity index (χ1v) is 13.2. The number of H-pyrrole nitrogens is 1. The van der Waals surface area contributed by atoms with Crippen LogP contribution in [0.1, 0.15) is 50.8 Å². The van der Waals surface area contributed by atoms with Gasteiger partial charge in [0.05, 0.1) is 6.20 Å². The molecule has 0 aromatic carbocycles. The van der Waals surface area contributed by atoms with Crippen LogP contribution >= 0.6 is 11.8 Å². The Morgan fingerprint density at radius 3 is 2.83 bits per heavy atom. The second kappa shape index (κ2) is 7.97. The maximum atomic E-state index is 10.7. The molecule has 2 saturated carbocycles. The first-order chi connectivity index (χ1) is 14.5. The van der Waals surface area contributed by atoms with Gasteiger partial charge in [0.25, 0.3) is 0 Å². The molecule has 0 bridgehead atoms. The summed E-state index contributed by atoms with van der Waals surface area (Å²) < 4.78 is 0. The van der Waals surface area contributed by atoms with Crippen molar-refractivity contribution in [3.05, 3.63) is 29.6 Å². The predicted molar refractivity (Wildman–Crippen MR) is 125 cm³/mol. The van der Waals surface area contributed by atoms with Crippen molar-refractivity contribution in [3.8, 4) is 0 Å². The van der Waals surface area contributed by atoms with Crippen LogP contribution < -0.4 is 0 Å². The van der Waals surface area contributed by atoms with Crippen molar-refractivity contribution < 1.29 is 5.11 Å². The Morgan fingerprint density at radius 2 is 2.07 bits per heavy atom. The summed E-state index contributed by atoms with van der Waals surface area (Å²) in [6.45, 7) is 13.4. The van der Waals surface area contributed by atoms with Crippen LogP contribution in [0.15, 0.2) is 18.3 Å². The molecule has 3 fully saturated rings. The van der Waals surface area contributed by atoms with Gasteiger partial charge >= 0.3 is 0 Å². The van der Waals surface area contributed by atoms with Crippen LogP contribution in [-0.4, -0.2) is 58.0 Å². The zero-order valence-electron chi connectivity index (χ0n) is 18.8. The summed E-state index contributed by atoms with van der Waals surface area (Å²) in [5.41, 5.74) is 4.69.